The molecule has 0 aliphatic carbocycles. The minimum atomic E-state index is -0.918. The zero-order chi connectivity index (χ0) is 20.3. The third kappa shape index (κ3) is 4.55. The van der Waals surface area contributed by atoms with E-state index in [0.717, 1.165) is 6.54 Å². The fraction of sp³-hybridized carbons (Fsp3) is 0.421. The molecular weight excluding hydrogens is 365 g/mol. The van der Waals surface area contributed by atoms with E-state index in [2.05, 4.69) is 10.4 Å². The highest BCUT2D eigenvalue weighted by Crippen LogP contribution is 2.30. The minimum absolute atomic E-state index is 0.186. The van der Waals surface area contributed by atoms with Gasteiger partial charge in [0.05, 0.1) is 24.5 Å². The van der Waals surface area contributed by atoms with E-state index in [9.17, 15) is 14.0 Å². The molecule has 2 aromatic rings. The summed E-state index contributed by atoms with van der Waals surface area (Å²) < 4.78 is 20.6. The molecule has 0 spiro atoms. The molecule has 2 unspecified atom stereocenters. The van der Waals surface area contributed by atoms with Crippen molar-refractivity contribution in [2.45, 2.75) is 18.7 Å². The number of halogens is 1. The summed E-state index contributed by atoms with van der Waals surface area (Å²) in [5, 5.41) is 7.02. The summed E-state index contributed by atoms with van der Waals surface area (Å²) in [6, 6.07) is 5.05. The van der Waals surface area contributed by atoms with Crippen molar-refractivity contribution in [2.24, 2.45) is 0 Å². The lowest BCUT2D eigenvalue weighted by Crippen LogP contribution is -2.51. The van der Waals surface area contributed by atoms with Gasteiger partial charge in [0.25, 0.3) is 5.91 Å². The smallest absolute Gasteiger partial charge is 0.256 e. The van der Waals surface area contributed by atoms with Gasteiger partial charge in [-0.05, 0) is 31.8 Å². The highest BCUT2D eigenvalue weighted by atomic mass is 19.1. The van der Waals surface area contributed by atoms with Crippen molar-refractivity contribution in [1.82, 2.24) is 19.6 Å². The maximum atomic E-state index is 13.3. The Morgan fingerprint density at radius 2 is 2.07 bits per heavy atom. The van der Waals surface area contributed by atoms with Crippen molar-refractivity contribution in [3.8, 4) is 0 Å². The number of morpholine rings is 1. The van der Waals surface area contributed by atoms with Crippen molar-refractivity contribution in [1.29, 1.82) is 0 Å². The summed E-state index contributed by atoms with van der Waals surface area (Å²) in [7, 11) is 5.55. The first-order chi connectivity index (χ1) is 13.3. The van der Waals surface area contributed by atoms with E-state index in [0.29, 0.717) is 17.8 Å². The second-order valence-electron chi connectivity index (χ2n) is 7.02. The Labute approximate surface area is 162 Å². The standard InChI is InChI=1S/C19H24FN5O3/c1-23(2)8-9-25-11-15(10-21-25)22-19(27)18-17(24(3)16(26)12-28-18)13-4-6-14(20)7-5-13/h4-7,10-11,17-18H,8-9,12H2,1-3H3,(H,22,27). The Morgan fingerprint density at radius 3 is 2.75 bits per heavy atom. The Bertz CT molecular complexity index is 836. The van der Waals surface area contributed by atoms with E-state index in [1.807, 2.05) is 19.0 Å². The highest BCUT2D eigenvalue weighted by Gasteiger charge is 2.40. The van der Waals surface area contributed by atoms with Gasteiger partial charge in [-0.25, -0.2) is 4.39 Å². The lowest BCUT2D eigenvalue weighted by atomic mass is 9.97. The fourth-order valence-corrected chi connectivity index (χ4v) is 3.06. The second kappa shape index (κ2) is 8.49. The van der Waals surface area contributed by atoms with Crippen molar-refractivity contribution >= 4 is 17.5 Å². The van der Waals surface area contributed by atoms with Crippen LogP contribution in [0.1, 0.15) is 11.6 Å². The summed E-state index contributed by atoms with van der Waals surface area (Å²) in [6.45, 7) is 1.33. The number of ether oxygens (including phenoxy) is 1. The van der Waals surface area contributed by atoms with Gasteiger partial charge >= 0.3 is 0 Å². The molecule has 0 bridgehead atoms. The minimum Gasteiger partial charge on any atom is -0.356 e. The van der Waals surface area contributed by atoms with Crippen LogP contribution in [0.15, 0.2) is 36.7 Å². The molecule has 1 aliphatic heterocycles. The van der Waals surface area contributed by atoms with Crippen LogP contribution >= 0.6 is 0 Å². The lowest BCUT2D eigenvalue weighted by molar-refractivity contribution is -0.160. The third-order valence-corrected chi connectivity index (χ3v) is 4.63. The van der Waals surface area contributed by atoms with E-state index in [1.54, 1.807) is 36.3 Å². The molecule has 1 N–H and O–H groups in total. The number of nitrogens with zero attached hydrogens (tertiary/aromatic N) is 4. The third-order valence-electron chi connectivity index (χ3n) is 4.63. The zero-order valence-corrected chi connectivity index (χ0v) is 16.1. The average Bonchev–Trinajstić information content (AvgIpc) is 3.10. The molecule has 1 aromatic heterocycles. The van der Waals surface area contributed by atoms with Crippen molar-refractivity contribution in [3.63, 3.8) is 0 Å². The van der Waals surface area contributed by atoms with E-state index >= 15 is 0 Å². The first kappa shape index (κ1) is 20.0. The SMILES string of the molecule is CN(C)CCn1cc(NC(=O)C2OCC(=O)N(C)C2c2ccc(F)cc2)cn1. The maximum Gasteiger partial charge on any atom is 0.256 e. The largest absolute Gasteiger partial charge is 0.356 e. The predicted octanol–water partition coefficient (Wildman–Crippen LogP) is 1.12. The monoisotopic (exact) mass is 389 g/mol. The van der Waals surface area contributed by atoms with Crippen LogP contribution < -0.4 is 5.32 Å². The van der Waals surface area contributed by atoms with Crippen LogP contribution in [-0.4, -0.2) is 71.8 Å². The van der Waals surface area contributed by atoms with Gasteiger partial charge in [-0.3, -0.25) is 14.3 Å². The number of rotatable bonds is 6. The fourth-order valence-electron chi connectivity index (χ4n) is 3.06. The van der Waals surface area contributed by atoms with E-state index in [4.69, 9.17) is 4.74 Å². The van der Waals surface area contributed by atoms with Gasteiger partial charge in [-0.15, -0.1) is 0 Å². The predicted molar refractivity (Wildman–Crippen MR) is 101 cm³/mol. The summed E-state index contributed by atoms with van der Waals surface area (Å²) >= 11 is 0. The number of benzene rings is 1. The van der Waals surface area contributed by atoms with Crippen LogP contribution in [0.2, 0.25) is 0 Å². The first-order valence-electron chi connectivity index (χ1n) is 8.96. The van der Waals surface area contributed by atoms with Crippen LogP contribution in [-0.2, 0) is 20.9 Å². The van der Waals surface area contributed by atoms with Crippen LogP contribution in [0.25, 0.3) is 0 Å². The molecule has 1 aromatic carbocycles. The number of aromatic nitrogens is 2. The molecule has 2 amide bonds. The van der Waals surface area contributed by atoms with Crippen molar-refractivity contribution < 1.29 is 18.7 Å². The van der Waals surface area contributed by atoms with Gasteiger partial charge in [0.2, 0.25) is 5.91 Å². The number of anilines is 1. The molecule has 0 radical (unpaired) electrons. The first-order valence-corrected chi connectivity index (χ1v) is 8.96. The second-order valence-corrected chi connectivity index (χ2v) is 7.02. The number of likely N-dealkylation sites (N-methyl/N-ethyl adjacent to an activating group) is 2. The highest BCUT2D eigenvalue weighted by molar-refractivity contribution is 5.96. The Hall–Kier alpha value is -2.78. The quantitative estimate of drug-likeness (QED) is 0.801. The molecule has 2 atom stereocenters. The van der Waals surface area contributed by atoms with Crippen molar-refractivity contribution in [3.05, 3.63) is 48.0 Å². The number of carbonyl (C=O) groups is 2. The summed E-state index contributed by atoms with van der Waals surface area (Å²) in [5.74, 6) is -1.02. The molecule has 1 saturated heterocycles. The molecule has 0 saturated carbocycles. The Balaban J connectivity index is 1.75. The van der Waals surface area contributed by atoms with Gasteiger partial charge < -0.3 is 19.9 Å². The van der Waals surface area contributed by atoms with Crippen LogP contribution in [0.5, 0.6) is 0 Å². The molecule has 1 aliphatic rings. The number of amides is 2. The van der Waals surface area contributed by atoms with E-state index in [-0.39, 0.29) is 24.2 Å². The Morgan fingerprint density at radius 1 is 1.36 bits per heavy atom. The molecule has 28 heavy (non-hydrogen) atoms. The zero-order valence-electron chi connectivity index (χ0n) is 16.1. The number of nitrogens with one attached hydrogen (secondary N) is 1. The summed E-state index contributed by atoms with van der Waals surface area (Å²) in [4.78, 5) is 28.4. The molecule has 9 heteroatoms. The summed E-state index contributed by atoms with van der Waals surface area (Å²) in [5.41, 5.74) is 1.17. The molecule has 2 heterocycles. The number of hydrogen-bond acceptors (Lipinski definition) is 5. The lowest BCUT2D eigenvalue weighted by Gasteiger charge is -2.38. The van der Waals surface area contributed by atoms with Gasteiger partial charge in [-0.1, -0.05) is 12.1 Å². The average molecular weight is 389 g/mol. The normalized spacial score (nSPS) is 19.9. The van der Waals surface area contributed by atoms with Gasteiger partial charge in [-0.2, -0.15) is 5.10 Å². The van der Waals surface area contributed by atoms with Crippen molar-refractivity contribution in [2.75, 3.05) is 39.6 Å². The Kier molecular flexibility index (Phi) is 6.05. The van der Waals surface area contributed by atoms with Crippen LogP contribution in [0.4, 0.5) is 10.1 Å². The molecule has 150 valence electrons. The molecule has 8 nitrogen and oxygen atoms in total. The van der Waals surface area contributed by atoms with Gasteiger partial charge in [0.15, 0.2) is 6.10 Å². The summed E-state index contributed by atoms with van der Waals surface area (Å²) in [6.07, 6.45) is 2.39. The molecule has 3 rings (SSSR count). The molecular formula is C19H24FN5O3. The van der Waals surface area contributed by atoms with Gasteiger partial charge in [0.1, 0.15) is 12.4 Å². The van der Waals surface area contributed by atoms with Crippen LogP contribution in [0, 0.1) is 5.82 Å². The number of hydrogen-bond donors (Lipinski definition) is 1. The van der Waals surface area contributed by atoms with E-state index < -0.39 is 12.1 Å². The van der Waals surface area contributed by atoms with E-state index in [1.165, 1.54) is 17.0 Å². The molecule has 1 fully saturated rings. The van der Waals surface area contributed by atoms with Gasteiger partial charge in [0, 0.05) is 19.8 Å². The topological polar surface area (TPSA) is 79.7 Å². The number of carbonyl (C=O) groups excluding carboxylic acids is 2. The maximum absolute atomic E-state index is 13.3. The van der Waals surface area contributed by atoms with Crippen LogP contribution in [0.3, 0.4) is 0 Å².